The highest BCUT2D eigenvalue weighted by Gasteiger charge is 2.57. The van der Waals surface area contributed by atoms with Crippen LogP contribution in [0.25, 0.3) is 83.5 Å². The number of aliphatic hydroxyl groups excluding tert-OH is 3. The van der Waals surface area contributed by atoms with Crippen LogP contribution in [0.2, 0.25) is 0 Å². The number of fused-ring (bicyclic) bond motifs is 12. The van der Waals surface area contributed by atoms with Crippen LogP contribution in [0.1, 0.15) is 134 Å². The maximum atomic E-state index is 11.2. The third-order valence-electron chi connectivity index (χ3n) is 19.9. The number of carbonyl (C=O) groups excluding carboxylic acids is 2. The number of hydrogen-bond donors (Lipinski definition) is 4. The number of benzene rings is 5. The Bertz CT molecular complexity index is 6140. The van der Waals surface area contributed by atoms with Crippen LogP contribution in [0, 0.1) is 0 Å². The summed E-state index contributed by atoms with van der Waals surface area (Å²) in [4.78, 5) is 91.6. The zero-order valence-corrected chi connectivity index (χ0v) is 67.2. The van der Waals surface area contributed by atoms with Crippen molar-refractivity contribution in [2.75, 3.05) is 0 Å². The van der Waals surface area contributed by atoms with Gasteiger partial charge in [0.2, 0.25) is 12.0 Å². The van der Waals surface area contributed by atoms with Crippen molar-refractivity contribution in [2.45, 2.75) is 167 Å². The second-order valence-corrected chi connectivity index (χ2v) is 31.1. The van der Waals surface area contributed by atoms with E-state index in [-0.39, 0.29) is 59.0 Å². The molecule has 13 aromatic rings. The highest BCUT2D eigenvalue weighted by molar-refractivity contribution is 5.92. The minimum absolute atomic E-state index is 0. The van der Waals surface area contributed by atoms with Crippen molar-refractivity contribution in [3.8, 4) is 28.7 Å². The fraction of sp³-hybridized carbons (Fsp3) is 0.283. The van der Waals surface area contributed by atoms with Crippen molar-refractivity contribution in [1.29, 1.82) is 0 Å². The number of isocyanates is 1. The van der Waals surface area contributed by atoms with Gasteiger partial charge >= 0.3 is 34.1 Å². The number of aliphatic carboxylic acids is 1. The molecule has 30 heteroatoms. The number of amides is 1. The molecule has 122 heavy (non-hydrogen) atoms. The highest BCUT2D eigenvalue weighted by atomic mass is 16.6. The standard InChI is InChI=1S/C14H12O4.3C14H14O4.C14H14O3.C7H5N3O2.C7H5NO2.C7H6O3.CH4/c1-14(2)13-12(17-13)8-5-7-3-4-11(15)16-9(7)6-10(8)18-14;3*1-14(2)12(15)6-9-5-8-3-4-13(16)17-10(8)7-11(9)18-14;1-14(2)6-5-10-7-9-3-4-13(15)16-11(9)8-12(10)17-14;8-10-9-7(11)4-3-6-2-1-5-12-6;9-6-8-4-3-7-2-1-5-10-7;8-7(9)4-3-6-2-1-5-10-6;/h3-6,12-13H,1-2H3;3*3-5,7,12,15H,6H2,1-2H3;3-4,7-8H,5-6H2,1-2H3;1-5H;1-5H;1-5H,(H,8,9);1H4/b;;;;;3*4-3+;/t12-,13-;3*12-;;;;;/m1110...../s1. The molecular formula is C92H88N4O26. The second kappa shape index (κ2) is 37.4. The maximum absolute atomic E-state index is 11.2. The number of carboxylic acids is 1. The quantitative estimate of drug-likeness (QED) is 0.0175. The number of ether oxygens (including phenoxy) is 6. The summed E-state index contributed by atoms with van der Waals surface area (Å²) >= 11 is 0. The molecule has 0 unspecified atom stereocenters. The monoisotopic (exact) mass is 1660 g/mol. The van der Waals surface area contributed by atoms with E-state index in [1.165, 1.54) is 72.9 Å². The number of aliphatic imine (C=N–C) groups is 1. The van der Waals surface area contributed by atoms with Crippen LogP contribution in [0.3, 0.4) is 0 Å². The van der Waals surface area contributed by atoms with E-state index in [1.807, 2.05) is 91.8 Å². The van der Waals surface area contributed by atoms with Crippen LogP contribution in [-0.2, 0) is 44.8 Å². The third-order valence-corrected chi connectivity index (χ3v) is 19.9. The number of furan rings is 3. The molecule has 0 radical (unpaired) electrons. The zero-order chi connectivity index (χ0) is 86.7. The van der Waals surface area contributed by atoms with E-state index in [0.717, 1.165) is 85.7 Å². The van der Waals surface area contributed by atoms with Crippen molar-refractivity contribution >= 4 is 91.0 Å². The molecule has 0 bridgehead atoms. The Hall–Kier alpha value is -14.1. The number of aryl methyl sites for hydroxylation is 1. The molecule has 1 amide bonds. The first-order chi connectivity index (χ1) is 57.5. The Morgan fingerprint density at radius 3 is 1.16 bits per heavy atom. The molecule has 632 valence electrons. The molecule has 5 aromatic carbocycles. The number of rotatable bonds is 6. The van der Waals surface area contributed by atoms with Gasteiger partial charge in [0.15, 0.2) is 0 Å². The van der Waals surface area contributed by atoms with Crippen LogP contribution in [0.15, 0.2) is 264 Å². The smallest absolute Gasteiger partial charge is 0.336 e. The average molecular weight is 1670 g/mol. The molecule has 0 saturated carbocycles. The van der Waals surface area contributed by atoms with E-state index in [0.29, 0.717) is 81.7 Å². The minimum Gasteiger partial charge on any atom is -0.487 e. The molecule has 19 rings (SSSR count). The van der Waals surface area contributed by atoms with E-state index in [1.54, 1.807) is 103 Å². The number of carboxylic acid groups (broad SMARTS) is 1. The van der Waals surface area contributed by atoms with E-state index in [9.17, 15) is 53.7 Å². The van der Waals surface area contributed by atoms with Gasteiger partial charge in [-0.1, -0.05) is 7.43 Å². The summed E-state index contributed by atoms with van der Waals surface area (Å²) in [5.41, 5.74) is 11.4. The summed E-state index contributed by atoms with van der Waals surface area (Å²) in [6.07, 6.45) is 16.0. The first kappa shape index (κ1) is 88.7. The van der Waals surface area contributed by atoms with Gasteiger partial charge in [-0.3, -0.25) is 4.79 Å². The van der Waals surface area contributed by atoms with Crippen molar-refractivity contribution in [3.05, 3.63) is 303 Å². The van der Waals surface area contributed by atoms with Crippen molar-refractivity contribution in [2.24, 2.45) is 10.1 Å². The molecule has 5 atom stereocenters. The summed E-state index contributed by atoms with van der Waals surface area (Å²) in [6, 6.07) is 44.5. The largest absolute Gasteiger partial charge is 0.487 e. The lowest BCUT2D eigenvalue weighted by atomic mass is 9.90. The lowest BCUT2D eigenvalue weighted by molar-refractivity contribution is -0.131. The maximum Gasteiger partial charge on any atom is 0.336 e. The molecule has 1 saturated heterocycles. The molecule has 8 aromatic heterocycles. The van der Waals surface area contributed by atoms with Crippen molar-refractivity contribution in [3.63, 3.8) is 0 Å². The summed E-state index contributed by atoms with van der Waals surface area (Å²) in [5, 5.41) is 45.4. The van der Waals surface area contributed by atoms with Crippen LogP contribution < -0.4 is 51.8 Å². The number of azide groups is 1. The fourth-order valence-electron chi connectivity index (χ4n) is 13.2. The van der Waals surface area contributed by atoms with E-state index in [4.69, 9.17) is 74.4 Å². The number of aliphatic hydroxyl groups is 3. The molecule has 4 N–H and O–H groups in total. The molecule has 6 aliphatic rings. The van der Waals surface area contributed by atoms with Crippen LogP contribution in [-0.4, -0.2) is 90.8 Å². The average Bonchev–Trinajstić information content (AvgIpc) is 1.56. The lowest BCUT2D eigenvalue weighted by Crippen LogP contribution is -2.46. The van der Waals surface area contributed by atoms with Crippen molar-refractivity contribution in [1.82, 2.24) is 0 Å². The van der Waals surface area contributed by atoms with Gasteiger partial charge in [-0.25, -0.2) is 33.6 Å². The molecule has 1 fully saturated rings. The summed E-state index contributed by atoms with van der Waals surface area (Å²) in [5.74, 6) is 3.73. The first-order valence-corrected chi connectivity index (χ1v) is 38.0. The van der Waals surface area contributed by atoms with Gasteiger partial charge < -0.3 is 84.2 Å². The first-order valence-electron chi connectivity index (χ1n) is 38.0. The Labute approximate surface area is 695 Å². The van der Waals surface area contributed by atoms with Gasteiger partial charge in [0.05, 0.1) is 37.1 Å². The predicted octanol–water partition coefficient (Wildman–Crippen LogP) is 16.6. The van der Waals surface area contributed by atoms with Crippen LogP contribution in [0.4, 0.5) is 0 Å². The zero-order valence-electron chi connectivity index (χ0n) is 67.2. The molecule has 30 nitrogen and oxygen atoms in total. The normalized spacial score (nSPS) is 18.5. The summed E-state index contributed by atoms with van der Waals surface area (Å²) in [7, 11) is 0. The summed E-state index contributed by atoms with van der Waals surface area (Å²) < 4.78 is 75.1. The van der Waals surface area contributed by atoms with Gasteiger partial charge in [-0.15, -0.1) is 0 Å². The predicted molar refractivity (Wildman–Crippen MR) is 451 cm³/mol. The molecular weight excluding hydrogens is 1580 g/mol. The van der Waals surface area contributed by atoms with Crippen molar-refractivity contribution < 1.29 is 98.6 Å². The summed E-state index contributed by atoms with van der Waals surface area (Å²) in [6.45, 7) is 19.2. The highest BCUT2D eigenvalue weighted by Crippen LogP contribution is 2.54. The number of hydrogen-bond acceptors (Lipinski definition) is 26. The third kappa shape index (κ3) is 22.6. The van der Waals surface area contributed by atoms with E-state index >= 15 is 0 Å². The van der Waals surface area contributed by atoms with E-state index < -0.39 is 47.0 Å². The lowest BCUT2D eigenvalue weighted by Gasteiger charge is -2.37. The number of epoxide rings is 1. The Kier molecular flexibility index (Phi) is 27.2. The Morgan fingerprint density at radius 2 is 0.795 bits per heavy atom. The molecule has 14 heterocycles. The van der Waals surface area contributed by atoms with Gasteiger partial charge in [-0.2, -0.15) is 4.99 Å². The number of carbonyl (C=O) groups is 2. The molecule has 0 aliphatic carbocycles. The van der Waals surface area contributed by atoms with Gasteiger partial charge in [-0.05, 0) is 236 Å². The van der Waals surface area contributed by atoms with Gasteiger partial charge in [0, 0.05) is 130 Å². The van der Waals surface area contributed by atoms with Crippen LogP contribution >= 0.6 is 0 Å². The Balaban J connectivity index is 0.000000137. The topological polar surface area (TPSA) is 442 Å². The molecule has 0 spiro atoms. The van der Waals surface area contributed by atoms with Gasteiger partial charge in [0.25, 0.3) is 0 Å². The Morgan fingerprint density at radius 1 is 0.451 bits per heavy atom. The van der Waals surface area contributed by atoms with Gasteiger partial charge in [0.1, 0.15) is 114 Å². The number of nitrogens with zero attached hydrogens (tertiary/aromatic N) is 4. The SMILES string of the molecule is C.CC1(C)CCc2cc3ccc(=O)oc3cc2O1.CC1(C)Oc2cc3oc(=O)ccc3cc2C[C@@H]1O.CC1(C)Oc2cc3oc(=O)ccc3cc2C[C@H]1O.CC1(C)Oc2cc3oc(=O)ccc3cc2C[C@H]1O.CC1(C)Oc2cc3oc(=O)ccc3cc2[C@H]2O[C@H]21.O=C(O)/C=C/c1ccco1.O=C=N/C=C/c1ccco1.[N-]=[N+]=NC(=O)/C=C/c1ccco1. The molecule has 6 aliphatic heterocycles. The fourth-order valence-corrected chi connectivity index (χ4v) is 13.2. The second-order valence-electron chi connectivity index (χ2n) is 31.1. The van der Waals surface area contributed by atoms with Crippen LogP contribution in [0.5, 0.6) is 28.7 Å². The minimum atomic E-state index is -0.976. The van der Waals surface area contributed by atoms with E-state index in [2.05, 4.69) is 28.9 Å².